The molecule has 1 fully saturated rings. The first-order chi connectivity index (χ1) is 9.79. The topological polar surface area (TPSA) is 38.0 Å². The number of benzene rings is 1. The minimum Gasteiger partial charge on any atom is -0.391 e. The highest BCUT2D eigenvalue weighted by molar-refractivity contribution is 5.55. The molecule has 0 amide bonds. The van der Waals surface area contributed by atoms with Gasteiger partial charge in [0.25, 0.3) is 0 Å². The Morgan fingerprint density at radius 1 is 1.25 bits per heavy atom. The Hall–Kier alpha value is -1.61. The monoisotopic (exact) mass is 270 g/mol. The van der Waals surface area contributed by atoms with Crippen molar-refractivity contribution >= 4 is 0 Å². The van der Waals surface area contributed by atoms with Crippen molar-refractivity contribution in [1.82, 2.24) is 9.55 Å². The fourth-order valence-corrected chi connectivity index (χ4v) is 3.28. The first-order valence-corrected chi connectivity index (χ1v) is 7.56. The fraction of sp³-hybridized carbons (Fsp3) is 0.471. The van der Waals surface area contributed by atoms with Crippen molar-refractivity contribution in [3.8, 4) is 11.4 Å². The highest BCUT2D eigenvalue weighted by atomic mass is 16.3. The molecule has 106 valence electrons. The number of hydrogen-bond acceptors (Lipinski definition) is 2. The Labute approximate surface area is 120 Å². The maximum atomic E-state index is 10.4. The standard InChI is InChI=1S/C17H22N2O/c1-2-13-8-9-16(20)15(12-13)19-11-10-18-17(19)14-6-4-3-5-7-14/h3-7,10-11,13,15-16,20H,2,8-9,12H2,1H3. The Morgan fingerprint density at radius 2 is 2.05 bits per heavy atom. The van der Waals surface area contributed by atoms with Gasteiger partial charge in [-0.3, -0.25) is 0 Å². The minimum absolute atomic E-state index is 0.159. The summed E-state index contributed by atoms with van der Waals surface area (Å²) in [4.78, 5) is 4.50. The average molecular weight is 270 g/mol. The summed E-state index contributed by atoms with van der Waals surface area (Å²) in [5, 5.41) is 10.4. The second kappa shape index (κ2) is 5.80. The third-order valence-corrected chi connectivity index (χ3v) is 4.52. The summed E-state index contributed by atoms with van der Waals surface area (Å²) in [5.41, 5.74) is 1.11. The molecule has 0 spiro atoms. The molecule has 1 saturated carbocycles. The van der Waals surface area contributed by atoms with Crippen LogP contribution in [0.3, 0.4) is 0 Å². The third-order valence-electron chi connectivity index (χ3n) is 4.52. The van der Waals surface area contributed by atoms with Crippen molar-refractivity contribution in [2.75, 3.05) is 0 Å². The molecule has 0 aliphatic heterocycles. The number of hydrogen-bond donors (Lipinski definition) is 1. The molecule has 3 atom stereocenters. The summed E-state index contributed by atoms with van der Waals surface area (Å²) in [5.74, 6) is 1.68. The first kappa shape index (κ1) is 13.4. The predicted molar refractivity (Wildman–Crippen MR) is 80.3 cm³/mol. The molecule has 3 unspecified atom stereocenters. The molecule has 0 bridgehead atoms. The Kier molecular flexibility index (Phi) is 3.88. The molecule has 1 heterocycles. The van der Waals surface area contributed by atoms with Crippen LogP contribution in [-0.2, 0) is 0 Å². The second-order valence-electron chi connectivity index (χ2n) is 5.75. The molecule has 2 aromatic rings. The third kappa shape index (κ3) is 2.50. The van der Waals surface area contributed by atoms with Crippen molar-refractivity contribution in [2.24, 2.45) is 5.92 Å². The van der Waals surface area contributed by atoms with Gasteiger partial charge in [0, 0.05) is 18.0 Å². The van der Waals surface area contributed by atoms with Crippen molar-refractivity contribution in [3.63, 3.8) is 0 Å². The molecule has 1 aliphatic carbocycles. The molecular weight excluding hydrogens is 248 g/mol. The van der Waals surface area contributed by atoms with Crippen LogP contribution in [0.1, 0.15) is 38.6 Å². The lowest BCUT2D eigenvalue weighted by Gasteiger charge is -2.34. The Balaban J connectivity index is 1.92. The van der Waals surface area contributed by atoms with E-state index in [1.165, 1.54) is 6.42 Å². The van der Waals surface area contributed by atoms with Crippen LogP contribution in [0.2, 0.25) is 0 Å². The van der Waals surface area contributed by atoms with Gasteiger partial charge in [-0.15, -0.1) is 0 Å². The van der Waals surface area contributed by atoms with Crippen molar-refractivity contribution in [2.45, 2.75) is 44.8 Å². The largest absolute Gasteiger partial charge is 0.391 e. The summed E-state index contributed by atoms with van der Waals surface area (Å²) >= 11 is 0. The van der Waals surface area contributed by atoms with Crippen molar-refractivity contribution in [3.05, 3.63) is 42.7 Å². The van der Waals surface area contributed by atoms with Crippen LogP contribution in [-0.4, -0.2) is 20.8 Å². The van der Waals surface area contributed by atoms with Crippen LogP contribution >= 0.6 is 0 Å². The van der Waals surface area contributed by atoms with Gasteiger partial charge in [-0.05, 0) is 25.2 Å². The molecule has 0 radical (unpaired) electrons. The smallest absolute Gasteiger partial charge is 0.140 e. The first-order valence-electron chi connectivity index (χ1n) is 7.56. The maximum absolute atomic E-state index is 10.4. The van der Waals surface area contributed by atoms with E-state index in [0.717, 1.165) is 36.6 Å². The van der Waals surface area contributed by atoms with E-state index in [1.807, 2.05) is 30.6 Å². The maximum Gasteiger partial charge on any atom is 0.140 e. The second-order valence-corrected chi connectivity index (χ2v) is 5.75. The van der Waals surface area contributed by atoms with Crippen LogP contribution in [0, 0.1) is 5.92 Å². The van der Waals surface area contributed by atoms with Crippen LogP contribution < -0.4 is 0 Å². The molecular formula is C17H22N2O. The number of imidazole rings is 1. The highest BCUT2D eigenvalue weighted by Crippen LogP contribution is 2.36. The van der Waals surface area contributed by atoms with Crippen LogP contribution in [0.4, 0.5) is 0 Å². The van der Waals surface area contributed by atoms with Crippen molar-refractivity contribution in [1.29, 1.82) is 0 Å². The van der Waals surface area contributed by atoms with Gasteiger partial charge in [-0.1, -0.05) is 43.7 Å². The van der Waals surface area contributed by atoms with Gasteiger partial charge in [0.2, 0.25) is 0 Å². The number of nitrogens with zero attached hydrogens (tertiary/aromatic N) is 2. The van der Waals surface area contributed by atoms with E-state index in [0.29, 0.717) is 0 Å². The van der Waals surface area contributed by atoms with Gasteiger partial charge in [0.1, 0.15) is 5.82 Å². The molecule has 3 heteroatoms. The molecule has 3 rings (SSSR count). The van der Waals surface area contributed by atoms with E-state index in [9.17, 15) is 5.11 Å². The molecule has 3 nitrogen and oxygen atoms in total. The lowest BCUT2D eigenvalue weighted by atomic mass is 9.82. The van der Waals surface area contributed by atoms with Crippen LogP contribution in [0.25, 0.3) is 11.4 Å². The number of aromatic nitrogens is 2. The normalized spacial score (nSPS) is 26.6. The number of aliphatic hydroxyl groups is 1. The molecule has 1 aliphatic rings. The van der Waals surface area contributed by atoms with Gasteiger partial charge in [-0.25, -0.2) is 4.98 Å². The fourth-order valence-electron chi connectivity index (χ4n) is 3.28. The lowest BCUT2D eigenvalue weighted by molar-refractivity contribution is 0.0540. The summed E-state index contributed by atoms with van der Waals surface area (Å²) < 4.78 is 2.17. The number of rotatable bonds is 3. The van der Waals surface area contributed by atoms with Gasteiger partial charge >= 0.3 is 0 Å². The molecule has 1 aromatic heterocycles. The summed E-state index contributed by atoms with van der Waals surface area (Å²) in [6.07, 6.45) is 7.87. The van der Waals surface area contributed by atoms with Gasteiger partial charge in [-0.2, -0.15) is 0 Å². The highest BCUT2D eigenvalue weighted by Gasteiger charge is 2.30. The van der Waals surface area contributed by atoms with Gasteiger partial charge in [0.15, 0.2) is 0 Å². The predicted octanol–water partition coefficient (Wildman–Crippen LogP) is 3.66. The zero-order valence-electron chi connectivity index (χ0n) is 11.9. The van der Waals surface area contributed by atoms with E-state index in [4.69, 9.17) is 0 Å². The van der Waals surface area contributed by atoms with E-state index < -0.39 is 0 Å². The number of aliphatic hydroxyl groups excluding tert-OH is 1. The molecule has 1 N–H and O–H groups in total. The zero-order chi connectivity index (χ0) is 13.9. The Bertz CT molecular complexity index is 549. The summed E-state index contributed by atoms with van der Waals surface area (Å²) in [6, 6.07) is 10.4. The van der Waals surface area contributed by atoms with E-state index in [1.54, 1.807) is 0 Å². The van der Waals surface area contributed by atoms with E-state index in [2.05, 4.69) is 28.6 Å². The van der Waals surface area contributed by atoms with Crippen molar-refractivity contribution < 1.29 is 5.11 Å². The molecule has 0 saturated heterocycles. The quantitative estimate of drug-likeness (QED) is 0.924. The van der Waals surface area contributed by atoms with Gasteiger partial charge in [0.05, 0.1) is 12.1 Å². The minimum atomic E-state index is -0.255. The lowest BCUT2D eigenvalue weighted by Crippen LogP contribution is -2.31. The van der Waals surface area contributed by atoms with Gasteiger partial charge < -0.3 is 9.67 Å². The molecule has 20 heavy (non-hydrogen) atoms. The van der Waals surface area contributed by atoms with Crippen LogP contribution in [0.15, 0.2) is 42.7 Å². The Morgan fingerprint density at radius 3 is 2.80 bits per heavy atom. The summed E-state index contributed by atoms with van der Waals surface area (Å²) in [7, 11) is 0. The van der Waals surface area contributed by atoms with E-state index >= 15 is 0 Å². The molecule has 1 aromatic carbocycles. The zero-order valence-corrected chi connectivity index (χ0v) is 11.9. The average Bonchev–Trinajstić information content (AvgIpc) is 2.98. The van der Waals surface area contributed by atoms with Crippen LogP contribution in [0.5, 0.6) is 0 Å². The SMILES string of the molecule is CCC1CCC(O)C(n2ccnc2-c2ccccc2)C1. The summed E-state index contributed by atoms with van der Waals surface area (Å²) in [6.45, 7) is 2.24. The van der Waals surface area contributed by atoms with E-state index in [-0.39, 0.29) is 12.1 Å².